The highest BCUT2D eigenvalue weighted by Crippen LogP contribution is 2.38. The number of benzene rings is 2. The van der Waals surface area contributed by atoms with E-state index in [1.807, 2.05) is 64.2 Å². The Morgan fingerprint density at radius 2 is 1.44 bits per heavy atom. The number of carbonyl (C=O) groups excluding carboxylic acids is 5. The van der Waals surface area contributed by atoms with E-state index in [1.165, 1.54) is 18.1 Å². The van der Waals surface area contributed by atoms with Crippen molar-refractivity contribution in [3.05, 3.63) is 101 Å². The van der Waals surface area contributed by atoms with Gasteiger partial charge in [-0.15, -0.1) is 0 Å². The Labute approximate surface area is 484 Å². The summed E-state index contributed by atoms with van der Waals surface area (Å²) in [6.07, 6.45) is 14.8. The molecule has 2 aromatic carbocycles. The highest BCUT2D eigenvalue weighted by atomic mass is 16.6. The molecule has 3 fully saturated rings. The fraction of sp³-hybridized carbons (Fsp3) is 0.585. The quantitative estimate of drug-likeness (QED) is 0.0623. The normalized spacial score (nSPS) is 33.3. The van der Waals surface area contributed by atoms with Gasteiger partial charge in [0, 0.05) is 64.5 Å². The molecule has 4 aliphatic rings. The topological polar surface area (TPSA) is 256 Å². The van der Waals surface area contributed by atoms with Crippen LogP contribution in [0.5, 0.6) is 17.2 Å². The monoisotopic (exact) mass is 1140 g/mol. The lowest BCUT2D eigenvalue weighted by Crippen LogP contribution is -2.61. The SMILES string of the molecule is CO[C@H]1C[C@@H]2CC[C@@H](C)[C@@](O)(O2)C(=O)C(=O)N2CCCC[C@H]2C(=O)O[C@H]([C@H](C)C[C@@H]2CC[C@@H](O)[C@H](OC)C2)CC(=O)[C@H](C)/C=C(\C)[C@@H](O)[C@@H](OC)C(=O)[C@H](C)C[C@H](C)/C=C/C=CC=C1C.Oc1ccc(/C=C/c2cc(O)cc(O)c2)cc1. The summed E-state index contributed by atoms with van der Waals surface area (Å²) in [6, 6.07) is 9.98. The standard InChI is InChI=1S/C51H79NO13.C14H12O3/c1-30-16-12-11-13-17-31(2)42(61-8)28-38-21-19-36(7)51(60,65-38)48(57)49(58)52-23-15-14-18-39(52)50(59)64-43(33(4)26-37-20-22-40(53)44(27-37)62-9)29-41(54)32(3)25-35(6)46(56)47(63-10)45(55)34(5)24-30;15-12-5-3-10(4-6-12)1-2-11-7-13(16)9-14(17)8-11/h11-13,16-17,25,30,32-34,36-40,42-44,46-47,53,56,60H,14-15,18-24,26-29H2,1-10H3;1-9,15-17H/b13-11?,16-12+,31-17?,35-25+;2-1+/t30-,32-,33-,34-,36-,37+,38+,39+,40-,42+,43+,44-,46-,47+,51-;/m1./s1. The first kappa shape index (κ1) is 67.0. The van der Waals surface area contributed by atoms with E-state index < -0.39 is 83.9 Å². The number of aliphatic hydroxyl groups excluding tert-OH is 2. The molecule has 452 valence electrons. The van der Waals surface area contributed by atoms with E-state index in [2.05, 4.69) is 0 Å². The van der Waals surface area contributed by atoms with Crippen LogP contribution < -0.4 is 0 Å². The number of hydrogen-bond acceptors (Lipinski definition) is 16. The van der Waals surface area contributed by atoms with Crippen LogP contribution in [0.2, 0.25) is 0 Å². The average molecular weight is 1140 g/mol. The number of ketones is 3. The average Bonchev–Trinajstić information content (AvgIpc) is 3.65. The van der Waals surface area contributed by atoms with Gasteiger partial charge in [-0.3, -0.25) is 19.2 Å². The number of nitrogens with zero attached hydrogens (tertiary/aromatic N) is 1. The van der Waals surface area contributed by atoms with Gasteiger partial charge >= 0.3 is 5.97 Å². The number of aromatic hydroxyl groups is 3. The van der Waals surface area contributed by atoms with Gasteiger partial charge in [-0.2, -0.15) is 0 Å². The lowest BCUT2D eigenvalue weighted by atomic mass is 9.78. The number of carbonyl (C=O) groups is 5. The number of Topliss-reactive ketones (excluding diaryl/α,β-unsaturated/α-hetero) is 3. The summed E-state index contributed by atoms with van der Waals surface area (Å²) in [4.78, 5) is 71.8. The number of allylic oxidation sites excluding steroid dienone is 6. The van der Waals surface area contributed by atoms with E-state index >= 15 is 0 Å². The molecule has 2 bridgehead atoms. The van der Waals surface area contributed by atoms with Gasteiger partial charge < -0.3 is 59.2 Å². The van der Waals surface area contributed by atoms with Crippen LogP contribution in [0.3, 0.4) is 0 Å². The van der Waals surface area contributed by atoms with Gasteiger partial charge in [0.05, 0.1) is 24.4 Å². The lowest BCUT2D eigenvalue weighted by Gasteiger charge is -2.42. The second kappa shape index (κ2) is 31.8. The number of ether oxygens (including phenoxy) is 5. The molecule has 0 radical (unpaired) electrons. The van der Waals surface area contributed by atoms with Crippen LogP contribution in [-0.2, 0) is 47.7 Å². The zero-order chi connectivity index (χ0) is 60.4. The third kappa shape index (κ3) is 18.9. The Bertz CT molecular complexity index is 2580. The zero-order valence-electron chi connectivity index (χ0n) is 49.6. The molecule has 2 saturated heterocycles. The van der Waals surface area contributed by atoms with Crippen LogP contribution in [0.4, 0.5) is 0 Å². The number of esters is 1. The summed E-state index contributed by atoms with van der Waals surface area (Å²) in [7, 11) is 4.52. The van der Waals surface area contributed by atoms with Gasteiger partial charge in [0.15, 0.2) is 5.78 Å². The van der Waals surface area contributed by atoms with E-state index in [0.29, 0.717) is 68.9 Å². The Morgan fingerprint density at radius 3 is 2.10 bits per heavy atom. The number of piperidine rings is 1. The van der Waals surface area contributed by atoms with E-state index in [1.54, 1.807) is 83.5 Å². The zero-order valence-corrected chi connectivity index (χ0v) is 49.6. The third-order valence-corrected chi connectivity index (χ3v) is 16.8. The summed E-state index contributed by atoms with van der Waals surface area (Å²) in [5.41, 5.74) is 2.89. The molecule has 2 aromatic rings. The molecule has 3 heterocycles. The largest absolute Gasteiger partial charge is 0.508 e. The van der Waals surface area contributed by atoms with E-state index in [9.17, 15) is 49.5 Å². The minimum atomic E-state index is -2.43. The molecule has 6 rings (SSSR count). The Hall–Kier alpha value is -5.79. The predicted molar refractivity (Wildman–Crippen MR) is 312 cm³/mol. The number of methoxy groups -OCH3 is 3. The number of cyclic esters (lactones) is 1. The fourth-order valence-corrected chi connectivity index (χ4v) is 11.6. The number of aliphatic hydroxyl groups is 3. The number of fused-ring (bicyclic) bond motifs is 3. The number of phenols is 3. The van der Waals surface area contributed by atoms with Gasteiger partial charge in [0.1, 0.15) is 47.4 Å². The molecule has 6 N–H and O–H groups in total. The molecule has 15 atom stereocenters. The minimum Gasteiger partial charge on any atom is -0.508 e. The smallest absolute Gasteiger partial charge is 0.329 e. The third-order valence-electron chi connectivity index (χ3n) is 16.8. The maximum Gasteiger partial charge on any atom is 0.329 e. The summed E-state index contributed by atoms with van der Waals surface area (Å²) in [5.74, 6) is -7.69. The van der Waals surface area contributed by atoms with Crippen molar-refractivity contribution in [2.75, 3.05) is 27.9 Å². The van der Waals surface area contributed by atoms with Crippen molar-refractivity contribution in [1.82, 2.24) is 4.90 Å². The maximum absolute atomic E-state index is 14.4. The fourth-order valence-electron chi connectivity index (χ4n) is 11.6. The number of hydrogen-bond donors (Lipinski definition) is 6. The van der Waals surface area contributed by atoms with Gasteiger partial charge in [-0.25, -0.2) is 4.79 Å². The van der Waals surface area contributed by atoms with Crippen molar-refractivity contribution in [2.45, 2.75) is 180 Å². The van der Waals surface area contributed by atoms with Crippen molar-refractivity contribution in [2.24, 2.45) is 35.5 Å². The van der Waals surface area contributed by atoms with Crippen molar-refractivity contribution in [1.29, 1.82) is 0 Å². The van der Waals surface area contributed by atoms with Crippen LogP contribution in [0.25, 0.3) is 12.2 Å². The highest BCUT2D eigenvalue weighted by Gasteiger charge is 2.53. The summed E-state index contributed by atoms with van der Waals surface area (Å²) in [6.45, 7) is 12.7. The van der Waals surface area contributed by atoms with Crippen LogP contribution >= 0.6 is 0 Å². The molecule has 82 heavy (non-hydrogen) atoms. The Kier molecular flexibility index (Phi) is 25.9. The first-order valence-corrected chi connectivity index (χ1v) is 29.1. The van der Waals surface area contributed by atoms with E-state index in [-0.39, 0.29) is 72.1 Å². The van der Waals surface area contributed by atoms with Crippen LogP contribution in [0.1, 0.15) is 137 Å². The predicted octanol–water partition coefficient (Wildman–Crippen LogP) is 9.15. The second-order valence-electron chi connectivity index (χ2n) is 23.3. The van der Waals surface area contributed by atoms with Crippen molar-refractivity contribution in [3.63, 3.8) is 0 Å². The van der Waals surface area contributed by atoms with Gasteiger partial charge in [0.2, 0.25) is 5.79 Å². The second-order valence-corrected chi connectivity index (χ2v) is 23.3. The molecular weight excluding hydrogens is 1050 g/mol. The highest BCUT2D eigenvalue weighted by molar-refractivity contribution is 6.39. The van der Waals surface area contributed by atoms with Crippen molar-refractivity contribution in [3.8, 4) is 17.2 Å². The van der Waals surface area contributed by atoms with Gasteiger partial charge in [-0.1, -0.05) is 95.4 Å². The summed E-state index contributed by atoms with van der Waals surface area (Å²) < 4.78 is 29.4. The van der Waals surface area contributed by atoms with E-state index in [4.69, 9.17) is 28.8 Å². The van der Waals surface area contributed by atoms with Crippen LogP contribution in [0.15, 0.2) is 90.1 Å². The number of amides is 1. The maximum atomic E-state index is 14.4. The first-order chi connectivity index (χ1) is 38.9. The summed E-state index contributed by atoms with van der Waals surface area (Å²) >= 11 is 0. The molecule has 0 spiro atoms. The molecule has 0 aromatic heterocycles. The molecule has 0 unspecified atom stereocenters. The summed E-state index contributed by atoms with van der Waals surface area (Å²) in [5, 5.41) is 61.6. The molecule has 1 amide bonds. The molecule has 3 aliphatic heterocycles. The molecule has 17 heteroatoms. The molecular formula is C65H91NO16. The Balaban J connectivity index is 0.000000613. The molecule has 1 saturated carbocycles. The van der Waals surface area contributed by atoms with Gasteiger partial charge in [0.25, 0.3) is 11.7 Å². The first-order valence-electron chi connectivity index (χ1n) is 29.1. The minimum absolute atomic E-state index is 0.0193. The van der Waals surface area contributed by atoms with Crippen molar-refractivity contribution >= 4 is 41.4 Å². The van der Waals surface area contributed by atoms with Crippen LogP contribution in [-0.4, -0.2) is 147 Å². The molecule has 17 nitrogen and oxygen atoms in total. The van der Waals surface area contributed by atoms with E-state index in [0.717, 1.165) is 17.6 Å². The van der Waals surface area contributed by atoms with Crippen molar-refractivity contribution < 1.29 is 78.3 Å². The Morgan fingerprint density at radius 1 is 0.756 bits per heavy atom. The number of phenolic OH excluding ortho intramolecular Hbond substituents is 3. The molecule has 1 aliphatic carbocycles. The lowest BCUT2D eigenvalue weighted by molar-refractivity contribution is -0.265. The van der Waals surface area contributed by atoms with Gasteiger partial charge in [-0.05, 0) is 142 Å². The number of rotatable bonds is 8. The van der Waals surface area contributed by atoms with Crippen LogP contribution in [0, 0.1) is 35.5 Å².